The normalized spacial score (nSPS) is 16.4. The van der Waals surface area contributed by atoms with Crippen molar-refractivity contribution in [2.75, 3.05) is 38.2 Å². The maximum absolute atomic E-state index is 13.3. The third-order valence-corrected chi connectivity index (χ3v) is 4.69. The fourth-order valence-electron chi connectivity index (χ4n) is 3.23. The molecular formula is C20H19F4N3O. The van der Waals surface area contributed by atoms with Crippen LogP contribution in [0.4, 0.5) is 23.2 Å². The molecule has 1 aliphatic rings. The molecule has 8 heteroatoms. The van der Waals surface area contributed by atoms with Crippen molar-refractivity contribution in [3.8, 4) is 6.07 Å². The Morgan fingerprint density at radius 3 is 2.39 bits per heavy atom. The van der Waals surface area contributed by atoms with Crippen molar-refractivity contribution in [1.29, 1.82) is 5.26 Å². The lowest BCUT2D eigenvalue weighted by atomic mass is 10.0. The van der Waals surface area contributed by atoms with Crippen LogP contribution >= 0.6 is 0 Å². The molecule has 1 N–H and O–H groups in total. The van der Waals surface area contributed by atoms with Crippen molar-refractivity contribution >= 4 is 5.69 Å². The van der Waals surface area contributed by atoms with Crippen LogP contribution in [-0.4, -0.2) is 37.7 Å². The van der Waals surface area contributed by atoms with Gasteiger partial charge < -0.3 is 10.1 Å². The molecule has 28 heavy (non-hydrogen) atoms. The van der Waals surface area contributed by atoms with Gasteiger partial charge in [0.05, 0.1) is 36.5 Å². The van der Waals surface area contributed by atoms with Crippen LogP contribution in [0.25, 0.3) is 0 Å². The molecule has 0 radical (unpaired) electrons. The second-order valence-corrected chi connectivity index (χ2v) is 6.47. The number of benzene rings is 2. The highest BCUT2D eigenvalue weighted by atomic mass is 19.4. The zero-order valence-corrected chi connectivity index (χ0v) is 15.0. The summed E-state index contributed by atoms with van der Waals surface area (Å²) in [6.07, 6.45) is -4.61. The summed E-state index contributed by atoms with van der Waals surface area (Å²) >= 11 is 0. The Morgan fingerprint density at radius 2 is 1.79 bits per heavy atom. The number of hydrogen-bond donors (Lipinski definition) is 1. The minimum atomic E-state index is -4.61. The Morgan fingerprint density at radius 1 is 1.11 bits per heavy atom. The van der Waals surface area contributed by atoms with Gasteiger partial charge in [0.1, 0.15) is 5.82 Å². The standard InChI is InChI=1S/C20H19F4N3O/c21-16-4-1-14(2-5-16)19(27-7-9-28-10-8-27)13-26-17-6-3-15(12-25)18(11-17)20(22,23)24/h1-6,11,19,26H,7-10,13H2. The molecule has 4 nitrogen and oxygen atoms in total. The molecule has 1 aliphatic heterocycles. The van der Waals surface area contributed by atoms with E-state index in [1.54, 1.807) is 18.2 Å². The first-order chi connectivity index (χ1) is 13.4. The number of nitrogens with one attached hydrogen (secondary N) is 1. The average molecular weight is 393 g/mol. The number of alkyl halides is 3. The second kappa shape index (κ2) is 8.59. The lowest BCUT2D eigenvalue weighted by Crippen LogP contribution is -2.41. The highest BCUT2D eigenvalue weighted by Gasteiger charge is 2.34. The van der Waals surface area contributed by atoms with Crippen molar-refractivity contribution in [3.05, 3.63) is 65.0 Å². The SMILES string of the molecule is N#Cc1ccc(NCC(c2ccc(F)cc2)N2CCOCC2)cc1C(F)(F)F. The molecule has 0 aliphatic carbocycles. The third-order valence-electron chi connectivity index (χ3n) is 4.69. The zero-order valence-electron chi connectivity index (χ0n) is 15.0. The van der Waals surface area contributed by atoms with Gasteiger partial charge in [-0.05, 0) is 35.9 Å². The Bertz CT molecular complexity index is 840. The first kappa shape index (κ1) is 20.1. The highest BCUT2D eigenvalue weighted by molar-refractivity contribution is 5.53. The van der Waals surface area contributed by atoms with E-state index >= 15 is 0 Å². The van der Waals surface area contributed by atoms with Crippen LogP contribution in [0.15, 0.2) is 42.5 Å². The predicted molar refractivity (Wildman–Crippen MR) is 96.2 cm³/mol. The molecule has 1 heterocycles. The highest BCUT2D eigenvalue weighted by Crippen LogP contribution is 2.34. The molecule has 0 aromatic heterocycles. The van der Waals surface area contributed by atoms with Crippen molar-refractivity contribution in [3.63, 3.8) is 0 Å². The summed E-state index contributed by atoms with van der Waals surface area (Å²) in [5.41, 5.74) is -0.252. The maximum Gasteiger partial charge on any atom is 0.417 e. The molecule has 148 valence electrons. The number of rotatable bonds is 5. The van der Waals surface area contributed by atoms with Gasteiger partial charge in [0.2, 0.25) is 0 Å². The van der Waals surface area contributed by atoms with E-state index in [0.29, 0.717) is 32.8 Å². The Labute approximate surface area is 160 Å². The fourth-order valence-corrected chi connectivity index (χ4v) is 3.23. The van der Waals surface area contributed by atoms with E-state index in [1.807, 2.05) is 0 Å². The van der Waals surface area contributed by atoms with Gasteiger partial charge in [0, 0.05) is 25.3 Å². The molecule has 0 amide bonds. The first-order valence-electron chi connectivity index (χ1n) is 8.81. The van der Waals surface area contributed by atoms with E-state index < -0.39 is 17.3 Å². The number of nitriles is 1. The second-order valence-electron chi connectivity index (χ2n) is 6.47. The predicted octanol–water partition coefficient (Wildman–Crippen LogP) is 4.20. The number of halogens is 4. The van der Waals surface area contributed by atoms with Gasteiger partial charge in [-0.15, -0.1) is 0 Å². The number of hydrogen-bond acceptors (Lipinski definition) is 4. The Hall–Kier alpha value is -2.63. The summed E-state index contributed by atoms with van der Waals surface area (Å²) in [6, 6.07) is 11.1. The monoisotopic (exact) mass is 393 g/mol. The Balaban J connectivity index is 1.82. The molecule has 1 atom stereocenters. The molecule has 3 rings (SSSR count). The zero-order chi connectivity index (χ0) is 20.1. The van der Waals surface area contributed by atoms with Gasteiger partial charge in [-0.3, -0.25) is 4.90 Å². The van der Waals surface area contributed by atoms with Crippen LogP contribution < -0.4 is 5.32 Å². The van der Waals surface area contributed by atoms with Crippen LogP contribution in [0.1, 0.15) is 22.7 Å². The first-order valence-corrected chi connectivity index (χ1v) is 8.81. The van der Waals surface area contributed by atoms with Gasteiger partial charge in [-0.25, -0.2) is 4.39 Å². The van der Waals surface area contributed by atoms with Crippen LogP contribution in [0.2, 0.25) is 0 Å². The van der Waals surface area contributed by atoms with Crippen molar-refractivity contribution in [2.24, 2.45) is 0 Å². The van der Waals surface area contributed by atoms with E-state index in [9.17, 15) is 17.6 Å². The van der Waals surface area contributed by atoms with E-state index in [0.717, 1.165) is 17.7 Å². The molecular weight excluding hydrogens is 374 g/mol. The van der Waals surface area contributed by atoms with Gasteiger partial charge >= 0.3 is 6.18 Å². The van der Waals surface area contributed by atoms with Gasteiger partial charge in [0.25, 0.3) is 0 Å². The number of morpholine rings is 1. The molecule has 0 bridgehead atoms. The van der Waals surface area contributed by atoms with Gasteiger partial charge in [-0.2, -0.15) is 18.4 Å². The molecule has 1 saturated heterocycles. The topological polar surface area (TPSA) is 48.3 Å². The van der Waals surface area contributed by atoms with E-state index in [4.69, 9.17) is 10.00 Å². The molecule has 0 spiro atoms. The summed E-state index contributed by atoms with van der Waals surface area (Å²) in [7, 11) is 0. The Kier molecular flexibility index (Phi) is 6.17. The summed E-state index contributed by atoms with van der Waals surface area (Å²) in [5, 5.41) is 11.9. The third kappa shape index (κ3) is 4.80. The number of ether oxygens (including phenoxy) is 1. The summed E-state index contributed by atoms with van der Waals surface area (Å²) in [6.45, 7) is 2.80. The molecule has 1 unspecified atom stereocenters. The summed E-state index contributed by atoms with van der Waals surface area (Å²) in [5.74, 6) is -0.348. The van der Waals surface area contributed by atoms with E-state index in [-0.39, 0.29) is 17.5 Å². The largest absolute Gasteiger partial charge is 0.417 e. The quantitative estimate of drug-likeness (QED) is 0.774. The van der Waals surface area contributed by atoms with Crippen LogP contribution in [0, 0.1) is 17.1 Å². The van der Waals surface area contributed by atoms with Crippen LogP contribution in [0.5, 0.6) is 0 Å². The summed E-state index contributed by atoms with van der Waals surface area (Å²) < 4.78 is 58.2. The molecule has 2 aromatic rings. The molecule has 0 saturated carbocycles. The van der Waals surface area contributed by atoms with E-state index in [2.05, 4.69) is 10.2 Å². The minimum absolute atomic E-state index is 0.158. The van der Waals surface area contributed by atoms with Crippen LogP contribution in [-0.2, 0) is 10.9 Å². The lowest BCUT2D eigenvalue weighted by Gasteiger charge is -2.35. The average Bonchev–Trinajstić information content (AvgIpc) is 2.69. The maximum atomic E-state index is 13.3. The summed E-state index contributed by atoms with van der Waals surface area (Å²) in [4.78, 5) is 2.15. The van der Waals surface area contributed by atoms with Crippen molar-refractivity contribution in [2.45, 2.75) is 12.2 Å². The molecule has 2 aromatic carbocycles. The van der Waals surface area contributed by atoms with Crippen molar-refractivity contribution < 1.29 is 22.3 Å². The van der Waals surface area contributed by atoms with Crippen LogP contribution in [0.3, 0.4) is 0 Å². The fraction of sp³-hybridized carbons (Fsp3) is 0.350. The smallest absolute Gasteiger partial charge is 0.383 e. The van der Waals surface area contributed by atoms with E-state index in [1.165, 1.54) is 18.2 Å². The van der Waals surface area contributed by atoms with Gasteiger partial charge in [-0.1, -0.05) is 12.1 Å². The lowest BCUT2D eigenvalue weighted by molar-refractivity contribution is -0.137. The van der Waals surface area contributed by atoms with Crippen molar-refractivity contribution in [1.82, 2.24) is 4.90 Å². The minimum Gasteiger partial charge on any atom is -0.383 e. The number of anilines is 1. The molecule has 1 fully saturated rings. The number of nitrogens with zero attached hydrogens (tertiary/aromatic N) is 2. The van der Waals surface area contributed by atoms with Gasteiger partial charge in [0.15, 0.2) is 0 Å².